The van der Waals surface area contributed by atoms with Crippen molar-refractivity contribution in [1.29, 1.82) is 0 Å². The van der Waals surface area contributed by atoms with Crippen LogP contribution >= 0.6 is 11.3 Å². The Morgan fingerprint density at radius 1 is 1.09 bits per heavy atom. The summed E-state index contributed by atoms with van der Waals surface area (Å²) in [6.07, 6.45) is 1.14. The van der Waals surface area contributed by atoms with Crippen molar-refractivity contribution in [3.05, 3.63) is 35.3 Å². The molecule has 2 aliphatic rings. The van der Waals surface area contributed by atoms with Gasteiger partial charge in [0, 0.05) is 50.2 Å². The second-order valence-corrected chi connectivity index (χ2v) is 10.7. The zero-order chi connectivity index (χ0) is 24.3. The molecule has 3 heterocycles. The Labute approximate surface area is 205 Å². The van der Waals surface area contributed by atoms with Gasteiger partial charge in [-0.05, 0) is 57.9 Å². The normalized spacial score (nSPS) is 19.4. The highest BCUT2D eigenvalue weighted by molar-refractivity contribution is 7.13. The molecule has 184 valence electrons. The number of hydrogen-bond acceptors (Lipinski definition) is 7. The van der Waals surface area contributed by atoms with Gasteiger partial charge in [-0.25, -0.2) is 9.78 Å². The SMILES string of the molecule is COc1ccc(-c2nc(CN3CCN(C(=O)C4CCCN4C(=O)OC(C)(C)C)CC3)cs2)cc1. The maximum Gasteiger partial charge on any atom is 0.410 e. The number of carbonyl (C=O) groups is 2. The molecule has 1 aromatic heterocycles. The number of methoxy groups -OCH3 is 1. The number of thiazole rings is 1. The lowest BCUT2D eigenvalue weighted by atomic mass is 10.1. The summed E-state index contributed by atoms with van der Waals surface area (Å²) in [5.74, 6) is 0.873. The fraction of sp³-hybridized carbons (Fsp3) is 0.560. The number of piperazine rings is 1. The van der Waals surface area contributed by atoms with Crippen LogP contribution in [-0.4, -0.2) is 83.2 Å². The van der Waals surface area contributed by atoms with Gasteiger partial charge in [-0.3, -0.25) is 14.6 Å². The molecule has 0 bridgehead atoms. The highest BCUT2D eigenvalue weighted by Gasteiger charge is 2.39. The average Bonchev–Trinajstić information content (AvgIpc) is 3.48. The Bertz CT molecular complexity index is 993. The Kier molecular flexibility index (Phi) is 7.42. The van der Waals surface area contributed by atoms with Crippen molar-refractivity contribution < 1.29 is 19.1 Å². The number of rotatable bonds is 5. The summed E-state index contributed by atoms with van der Waals surface area (Å²) in [7, 11) is 1.66. The van der Waals surface area contributed by atoms with Crippen LogP contribution in [0, 0.1) is 0 Å². The van der Waals surface area contributed by atoms with Crippen molar-refractivity contribution in [3.8, 4) is 16.3 Å². The predicted octanol–water partition coefficient (Wildman–Crippen LogP) is 3.86. The van der Waals surface area contributed by atoms with E-state index in [-0.39, 0.29) is 5.91 Å². The molecule has 4 rings (SSSR count). The number of likely N-dealkylation sites (tertiary alicyclic amines) is 1. The minimum absolute atomic E-state index is 0.0402. The monoisotopic (exact) mass is 486 g/mol. The van der Waals surface area contributed by atoms with Crippen LogP contribution in [0.4, 0.5) is 4.79 Å². The molecule has 0 aliphatic carbocycles. The van der Waals surface area contributed by atoms with Gasteiger partial charge in [0.1, 0.15) is 22.4 Å². The highest BCUT2D eigenvalue weighted by Crippen LogP contribution is 2.27. The first-order valence-corrected chi connectivity index (χ1v) is 12.7. The predicted molar refractivity (Wildman–Crippen MR) is 132 cm³/mol. The zero-order valence-electron chi connectivity index (χ0n) is 20.5. The van der Waals surface area contributed by atoms with E-state index in [9.17, 15) is 9.59 Å². The molecule has 0 radical (unpaired) electrons. The third kappa shape index (κ3) is 5.88. The number of hydrogen-bond donors (Lipinski definition) is 0. The number of carbonyl (C=O) groups excluding carboxylic acids is 2. The fourth-order valence-electron chi connectivity index (χ4n) is 4.37. The molecule has 1 aromatic carbocycles. The van der Waals surface area contributed by atoms with E-state index < -0.39 is 17.7 Å². The lowest BCUT2D eigenvalue weighted by Gasteiger charge is -2.37. The zero-order valence-corrected chi connectivity index (χ0v) is 21.3. The number of nitrogens with zero attached hydrogens (tertiary/aromatic N) is 4. The van der Waals surface area contributed by atoms with Crippen LogP contribution in [0.5, 0.6) is 5.75 Å². The molecule has 1 unspecified atom stereocenters. The van der Waals surface area contributed by atoms with Gasteiger partial charge in [-0.2, -0.15) is 0 Å². The molecular weight excluding hydrogens is 452 g/mol. The molecule has 8 nitrogen and oxygen atoms in total. The molecule has 2 aromatic rings. The summed E-state index contributed by atoms with van der Waals surface area (Å²) in [5.41, 5.74) is 1.56. The molecule has 34 heavy (non-hydrogen) atoms. The van der Waals surface area contributed by atoms with Crippen molar-refractivity contribution in [1.82, 2.24) is 19.7 Å². The van der Waals surface area contributed by atoms with Crippen molar-refractivity contribution in [2.45, 2.75) is 51.8 Å². The Morgan fingerprint density at radius 2 is 1.79 bits per heavy atom. The second-order valence-electron chi connectivity index (χ2n) is 9.81. The summed E-state index contributed by atoms with van der Waals surface area (Å²) >= 11 is 1.64. The number of ether oxygens (including phenoxy) is 2. The molecule has 0 saturated carbocycles. The summed E-state index contributed by atoms with van der Waals surface area (Å²) < 4.78 is 10.7. The van der Waals surface area contributed by atoms with Crippen LogP contribution in [0.3, 0.4) is 0 Å². The smallest absolute Gasteiger partial charge is 0.410 e. The summed E-state index contributed by atoms with van der Waals surface area (Å²) in [5, 5.41) is 3.10. The van der Waals surface area contributed by atoms with Gasteiger partial charge >= 0.3 is 6.09 Å². The minimum Gasteiger partial charge on any atom is -0.497 e. The van der Waals surface area contributed by atoms with Crippen LogP contribution in [-0.2, 0) is 16.1 Å². The van der Waals surface area contributed by atoms with Crippen LogP contribution in [0.25, 0.3) is 10.6 Å². The summed E-state index contributed by atoms with van der Waals surface area (Å²) in [4.78, 5) is 36.4. The molecular formula is C25H34N4O4S. The van der Waals surface area contributed by atoms with E-state index in [1.54, 1.807) is 23.3 Å². The van der Waals surface area contributed by atoms with E-state index >= 15 is 0 Å². The van der Waals surface area contributed by atoms with Gasteiger partial charge in [0.2, 0.25) is 5.91 Å². The van der Waals surface area contributed by atoms with Crippen LogP contribution < -0.4 is 4.74 Å². The van der Waals surface area contributed by atoms with Gasteiger partial charge in [0.05, 0.1) is 12.8 Å². The standard InChI is InChI=1S/C25H34N4O4S/c1-25(2,3)33-24(31)29-11-5-6-21(29)23(30)28-14-12-27(13-15-28)16-19-17-34-22(26-19)18-7-9-20(32-4)10-8-18/h7-10,17,21H,5-6,11-16H2,1-4H3. The topological polar surface area (TPSA) is 75.2 Å². The molecule has 2 fully saturated rings. The van der Waals surface area contributed by atoms with Crippen molar-refractivity contribution in [2.24, 2.45) is 0 Å². The number of amides is 2. The third-order valence-electron chi connectivity index (χ3n) is 6.12. The molecule has 2 saturated heterocycles. The maximum atomic E-state index is 13.2. The van der Waals surface area contributed by atoms with E-state index in [0.717, 1.165) is 48.1 Å². The van der Waals surface area contributed by atoms with Crippen LogP contribution in [0.1, 0.15) is 39.3 Å². The van der Waals surface area contributed by atoms with Crippen molar-refractivity contribution >= 4 is 23.3 Å². The lowest BCUT2D eigenvalue weighted by molar-refractivity contribution is -0.137. The first-order valence-electron chi connectivity index (χ1n) is 11.8. The molecule has 1 atom stereocenters. The third-order valence-corrected chi connectivity index (χ3v) is 7.06. The van der Waals surface area contributed by atoms with Gasteiger partial charge in [-0.1, -0.05) is 0 Å². The van der Waals surface area contributed by atoms with Gasteiger partial charge < -0.3 is 14.4 Å². The Morgan fingerprint density at radius 3 is 2.44 bits per heavy atom. The first-order chi connectivity index (χ1) is 16.2. The summed E-state index contributed by atoms with van der Waals surface area (Å²) in [6, 6.07) is 7.53. The lowest BCUT2D eigenvalue weighted by Crippen LogP contribution is -2.54. The highest BCUT2D eigenvalue weighted by atomic mass is 32.1. The number of aromatic nitrogens is 1. The minimum atomic E-state index is -0.568. The summed E-state index contributed by atoms with van der Waals surface area (Å²) in [6.45, 7) is 9.78. The Hall–Kier alpha value is -2.65. The second kappa shape index (κ2) is 10.3. The average molecular weight is 487 g/mol. The van der Waals surface area contributed by atoms with Gasteiger partial charge in [0.15, 0.2) is 0 Å². The van der Waals surface area contributed by atoms with E-state index in [1.165, 1.54) is 0 Å². The van der Waals surface area contributed by atoms with Gasteiger partial charge in [-0.15, -0.1) is 11.3 Å². The quantitative estimate of drug-likeness (QED) is 0.639. The van der Waals surface area contributed by atoms with Crippen LogP contribution in [0.2, 0.25) is 0 Å². The molecule has 0 N–H and O–H groups in total. The van der Waals surface area contributed by atoms with Gasteiger partial charge in [0.25, 0.3) is 0 Å². The maximum absolute atomic E-state index is 13.2. The van der Waals surface area contributed by atoms with Crippen molar-refractivity contribution in [3.63, 3.8) is 0 Å². The molecule has 2 aliphatic heterocycles. The Balaban J connectivity index is 1.29. The van der Waals surface area contributed by atoms with E-state index in [4.69, 9.17) is 14.5 Å². The molecule has 2 amide bonds. The van der Waals surface area contributed by atoms with E-state index in [2.05, 4.69) is 10.3 Å². The van der Waals surface area contributed by atoms with Crippen LogP contribution in [0.15, 0.2) is 29.6 Å². The largest absolute Gasteiger partial charge is 0.497 e. The molecule has 0 spiro atoms. The molecule has 9 heteroatoms. The van der Waals surface area contributed by atoms with E-state index in [0.29, 0.717) is 26.1 Å². The van der Waals surface area contributed by atoms with Crippen molar-refractivity contribution in [2.75, 3.05) is 39.8 Å². The fourth-order valence-corrected chi connectivity index (χ4v) is 5.19. The van der Waals surface area contributed by atoms with E-state index in [1.807, 2.05) is 49.9 Å². The number of benzene rings is 1. The first kappa shape index (κ1) is 24.5.